The highest BCUT2D eigenvalue weighted by atomic mass is 16.2. The molecule has 1 saturated heterocycles. The molecule has 0 aromatic heterocycles. The molecule has 0 saturated carbocycles. The van der Waals surface area contributed by atoms with Gasteiger partial charge in [0, 0.05) is 13.1 Å². The molecule has 1 amide bonds. The Morgan fingerprint density at radius 1 is 1.00 bits per heavy atom. The largest absolute Gasteiger partial charge is 0.341 e. The topological polar surface area (TPSA) is 32.3 Å². The fourth-order valence-corrected chi connectivity index (χ4v) is 2.83. The van der Waals surface area contributed by atoms with E-state index >= 15 is 0 Å². The van der Waals surface area contributed by atoms with Crippen LogP contribution in [0.5, 0.6) is 0 Å². The lowest BCUT2D eigenvalue weighted by Crippen LogP contribution is -2.47. The van der Waals surface area contributed by atoms with Crippen molar-refractivity contribution in [3.63, 3.8) is 0 Å². The molecule has 3 heteroatoms. The summed E-state index contributed by atoms with van der Waals surface area (Å²) in [5.41, 5.74) is 0. The average Bonchev–Trinajstić information content (AvgIpc) is 2.45. The van der Waals surface area contributed by atoms with E-state index in [0.29, 0.717) is 5.91 Å². The normalized spacial score (nSPS) is 17.5. The van der Waals surface area contributed by atoms with Crippen molar-refractivity contribution in [1.82, 2.24) is 10.2 Å². The molecule has 0 aromatic rings. The van der Waals surface area contributed by atoms with Crippen molar-refractivity contribution in [2.24, 2.45) is 5.92 Å². The van der Waals surface area contributed by atoms with Crippen LogP contribution in [0.25, 0.3) is 0 Å². The van der Waals surface area contributed by atoms with Gasteiger partial charge in [0.05, 0.1) is 6.04 Å². The molecule has 0 aromatic carbocycles. The molecule has 1 unspecified atom stereocenters. The summed E-state index contributed by atoms with van der Waals surface area (Å²) in [7, 11) is 0. The third-order valence-corrected chi connectivity index (χ3v) is 4.20. The van der Waals surface area contributed by atoms with Crippen LogP contribution in [0.2, 0.25) is 0 Å². The van der Waals surface area contributed by atoms with Gasteiger partial charge in [-0.05, 0) is 45.1 Å². The molecule has 1 aliphatic rings. The molecule has 0 aliphatic carbocycles. The van der Waals surface area contributed by atoms with Gasteiger partial charge >= 0.3 is 0 Å². The maximum atomic E-state index is 12.2. The van der Waals surface area contributed by atoms with Crippen LogP contribution in [0.1, 0.15) is 72.1 Å². The highest BCUT2D eigenvalue weighted by molar-refractivity contribution is 5.81. The predicted molar refractivity (Wildman–Crippen MR) is 85.8 cm³/mol. The molecule has 1 rings (SSSR count). The number of hydrogen-bond donors (Lipinski definition) is 1. The van der Waals surface area contributed by atoms with Crippen LogP contribution in [-0.4, -0.2) is 36.5 Å². The van der Waals surface area contributed by atoms with E-state index in [0.717, 1.165) is 25.6 Å². The van der Waals surface area contributed by atoms with Crippen molar-refractivity contribution in [3.8, 4) is 0 Å². The number of hydrogen-bond acceptors (Lipinski definition) is 2. The molecule has 1 heterocycles. The van der Waals surface area contributed by atoms with Crippen LogP contribution >= 0.6 is 0 Å². The summed E-state index contributed by atoms with van der Waals surface area (Å²) in [6.07, 6.45) is 10.1. The van der Waals surface area contributed by atoms with Crippen LogP contribution < -0.4 is 5.32 Å². The van der Waals surface area contributed by atoms with E-state index in [1.807, 2.05) is 11.8 Å². The molecule has 0 radical (unpaired) electrons. The van der Waals surface area contributed by atoms with Crippen molar-refractivity contribution < 1.29 is 4.79 Å². The quantitative estimate of drug-likeness (QED) is 0.656. The molecule has 1 N–H and O–H groups in total. The third-order valence-electron chi connectivity index (χ3n) is 4.20. The maximum Gasteiger partial charge on any atom is 0.239 e. The van der Waals surface area contributed by atoms with Crippen molar-refractivity contribution in [2.75, 3.05) is 19.6 Å². The van der Waals surface area contributed by atoms with Crippen molar-refractivity contribution >= 4 is 5.91 Å². The number of likely N-dealkylation sites (tertiary alicyclic amines) is 1. The van der Waals surface area contributed by atoms with Gasteiger partial charge < -0.3 is 10.2 Å². The second-order valence-corrected chi connectivity index (χ2v) is 6.66. The molecule has 1 aliphatic heterocycles. The van der Waals surface area contributed by atoms with Crippen LogP contribution in [0.3, 0.4) is 0 Å². The van der Waals surface area contributed by atoms with Gasteiger partial charge in [0.2, 0.25) is 5.91 Å². The van der Waals surface area contributed by atoms with E-state index in [4.69, 9.17) is 0 Å². The molecule has 1 fully saturated rings. The Labute approximate surface area is 125 Å². The molecule has 3 nitrogen and oxygen atoms in total. The van der Waals surface area contributed by atoms with Crippen molar-refractivity contribution in [3.05, 3.63) is 0 Å². The summed E-state index contributed by atoms with van der Waals surface area (Å²) in [5.74, 6) is 1.12. The number of nitrogens with one attached hydrogen (secondary N) is 1. The van der Waals surface area contributed by atoms with Gasteiger partial charge in [-0.25, -0.2) is 0 Å². The zero-order valence-electron chi connectivity index (χ0n) is 13.8. The second-order valence-electron chi connectivity index (χ2n) is 6.66. The lowest BCUT2D eigenvalue weighted by Gasteiger charge is -2.29. The molecular weight excluding hydrogens is 248 g/mol. The Kier molecular flexibility index (Phi) is 8.92. The Bertz CT molecular complexity index is 260. The van der Waals surface area contributed by atoms with E-state index < -0.39 is 0 Å². The third kappa shape index (κ3) is 7.28. The highest BCUT2D eigenvalue weighted by Gasteiger charge is 2.21. The number of carbonyl (C=O) groups is 1. The van der Waals surface area contributed by atoms with E-state index in [1.165, 1.54) is 51.4 Å². The second kappa shape index (κ2) is 10.2. The first-order valence-electron chi connectivity index (χ1n) is 8.63. The number of unbranched alkanes of at least 4 members (excludes halogenated alkanes) is 3. The monoisotopic (exact) mass is 282 g/mol. The SMILES string of the molecule is CC(C)CCCCCCNC(C)C(=O)N1CCCCC1. The predicted octanol–water partition coefficient (Wildman–Crippen LogP) is 3.58. The minimum Gasteiger partial charge on any atom is -0.341 e. The van der Waals surface area contributed by atoms with Crippen molar-refractivity contribution in [1.29, 1.82) is 0 Å². The Balaban J connectivity index is 2.01. The van der Waals surface area contributed by atoms with Gasteiger partial charge in [0.15, 0.2) is 0 Å². The van der Waals surface area contributed by atoms with E-state index in [2.05, 4.69) is 19.2 Å². The first-order chi connectivity index (χ1) is 9.61. The van der Waals surface area contributed by atoms with E-state index in [-0.39, 0.29) is 6.04 Å². The lowest BCUT2D eigenvalue weighted by molar-refractivity contribution is -0.133. The minimum absolute atomic E-state index is 0.0104. The molecule has 0 bridgehead atoms. The summed E-state index contributed by atoms with van der Waals surface area (Å²) >= 11 is 0. The van der Waals surface area contributed by atoms with Gasteiger partial charge in [0.1, 0.15) is 0 Å². The minimum atomic E-state index is -0.0104. The number of amides is 1. The first kappa shape index (κ1) is 17.5. The summed E-state index contributed by atoms with van der Waals surface area (Å²) in [5, 5.41) is 3.39. The zero-order valence-corrected chi connectivity index (χ0v) is 13.8. The summed E-state index contributed by atoms with van der Waals surface area (Å²) in [6.45, 7) is 9.48. The molecule has 118 valence electrons. The number of rotatable bonds is 9. The van der Waals surface area contributed by atoms with Crippen molar-refractivity contribution in [2.45, 2.75) is 78.2 Å². The average molecular weight is 282 g/mol. The lowest BCUT2D eigenvalue weighted by atomic mass is 10.0. The van der Waals surface area contributed by atoms with Gasteiger partial charge in [-0.2, -0.15) is 0 Å². The summed E-state index contributed by atoms with van der Waals surface area (Å²) < 4.78 is 0. The Morgan fingerprint density at radius 3 is 2.30 bits per heavy atom. The van der Waals surface area contributed by atoms with Gasteiger partial charge in [-0.15, -0.1) is 0 Å². The molecule has 0 spiro atoms. The number of piperidine rings is 1. The standard InChI is InChI=1S/C17H34N2O/c1-15(2)11-7-4-5-8-12-18-16(3)17(20)19-13-9-6-10-14-19/h15-16,18H,4-14H2,1-3H3. The van der Waals surface area contributed by atoms with Gasteiger partial charge in [-0.3, -0.25) is 4.79 Å². The van der Waals surface area contributed by atoms with Crippen LogP contribution in [-0.2, 0) is 4.79 Å². The fourth-order valence-electron chi connectivity index (χ4n) is 2.83. The van der Waals surface area contributed by atoms with Crippen LogP contribution in [0.4, 0.5) is 0 Å². The first-order valence-corrected chi connectivity index (χ1v) is 8.63. The van der Waals surface area contributed by atoms with Crippen LogP contribution in [0, 0.1) is 5.92 Å². The fraction of sp³-hybridized carbons (Fsp3) is 0.941. The number of nitrogens with zero attached hydrogens (tertiary/aromatic N) is 1. The summed E-state index contributed by atoms with van der Waals surface area (Å²) in [4.78, 5) is 14.2. The smallest absolute Gasteiger partial charge is 0.239 e. The Hall–Kier alpha value is -0.570. The highest BCUT2D eigenvalue weighted by Crippen LogP contribution is 2.11. The van der Waals surface area contributed by atoms with Gasteiger partial charge in [-0.1, -0.05) is 39.5 Å². The van der Waals surface area contributed by atoms with Gasteiger partial charge in [0.25, 0.3) is 0 Å². The molecule has 1 atom stereocenters. The summed E-state index contributed by atoms with van der Waals surface area (Å²) in [6, 6.07) is -0.0104. The van der Waals surface area contributed by atoms with E-state index in [1.54, 1.807) is 0 Å². The molecular formula is C17H34N2O. The zero-order chi connectivity index (χ0) is 14.8. The van der Waals surface area contributed by atoms with E-state index in [9.17, 15) is 4.79 Å². The molecule has 20 heavy (non-hydrogen) atoms. The van der Waals surface area contributed by atoms with Crippen LogP contribution in [0.15, 0.2) is 0 Å². The number of carbonyl (C=O) groups excluding carboxylic acids is 1. The maximum absolute atomic E-state index is 12.2. The Morgan fingerprint density at radius 2 is 1.65 bits per heavy atom.